The first-order valence-corrected chi connectivity index (χ1v) is 6.08. The summed E-state index contributed by atoms with van der Waals surface area (Å²) in [7, 11) is 0. The SMILES string of the molecule is CSc1ncc(C(=O)c2ccco2)c(C(=O)O)n1. The predicted molar refractivity (Wildman–Crippen MR) is 62.9 cm³/mol. The molecule has 1 N–H and O–H groups in total. The van der Waals surface area contributed by atoms with Gasteiger partial charge >= 0.3 is 5.97 Å². The van der Waals surface area contributed by atoms with Gasteiger partial charge in [-0.05, 0) is 18.4 Å². The van der Waals surface area contributed by atoms with Crippen molar-refractivity contribution in [1.82, 2.24) is 9.97 Å². The Hall–Kier alpha value is -2.15. The lowest BCUT2D eigenvalue weighted by atomic mass is 10.1. The predicted octanol–water partition coefficient (Wildman–Crippen LogP) is 1.72. The van der Waals surface area contributed by atoms with Crippen molar-refractivity contribution in [2.45, 2.75) is 5.16 Å². The zero-order valence-electron chi connectivity index (χ0n) is 9.28. The number of carboxylic acids is 1. The summed E-state index contributed by atoms with van der Waals surface area (Å²) in [6.45, 7) is 0. The second kappa shape index (κ2) is 5.01. The number of hydrogen-bond acceptors (Lipinski definition) is 6. The molecule has 0 aliphatic rings. The molecule has 0 atom stereocenters. The van der Waals surface area contributed by atoms with Crippen LogP contribution in [-0.4, -0.2) is 33.1 Å². The molecular formula is C11H8N2O4S. The first-order valence-electron chi connectivity index (χ1n) is 4.86. The Morgan fingerprint density at radius 1 is 1.44 bits per heavy atom. The maximum Gasteiger partial charge on any atom is 0.355 e. The van der Waals surface area contributed by atoms with E-state index in [2.05, 4.69) is 9.97 Å². The molecular weight excluding hydrogens is 256 g/mol. The Kier molecular flexibility index (Phi) is 3.42. The van der Waals surface area contributed by atoms with Gasteiger partial charge in [0, 0.05) is 6.20 Å². The van der Waals surface area contributed by atoms with Crippen molar-refractivity contribution in [3.05, 3.63) is 41.6 Å². The fourth-order valence-corrected chi connectivity index (χ4v) is 1.67. The van der Waals surface area contributed by atoms with Crippen LogP contribution >= 0.6 is 11.8 Å². The van der Waals surface area contributed by atoms with E-state index >= 15 is 0 Å². The van der Waals surface area contributed by atoms with E-state index in [9.17, 15) is 9.59 Å². The summed E-state index contributed by atoms with van der Waals surface area (Å²) in [6.07, 6.45) is 4.26. The maximum atomic E-state index is 12.0. The average molecular weight is 264 g/mol. The fourth-order valence-electron chi connectivity index (χ4n) is 1.33. The number of carbonyl (C=O) groups excluding carboxylic acids is 1. The highest BCUT2D eigenvalue weighted by Gasteiger charge is 2.22. The van der Waals surface area contributed by atoms with Crippen molar-refractivity contribution >= 4 is 23.5 Å². The largest absolute Gasteiger partial charge is 0.476 e. The van der Waals surface area contributed by atoms with Crippen LogP contribution in [0.25, 0.3) is 0 Å². The fraction of sp³-hybridized carbons (Fsp3) is 0.0909. The van der Waals surface area contributed by atoms with Gasteiger partial charge in [0.2, 0.25) is 5.78 Å². The molecule has 0 aliphatic carbocycles. The summed E-state index contributed by atoms with van der Waals surface area (Å²) in [6, 6.07) is 3.00. The minimum Gasteiger partial charge on any atom is -0.476 e. The van der Waals surface area contributed by atoms with Gasteiger partial charge in [0.05, 0.1) is 11.8 Å². The number of ketones is 1. The lowest BCUT2D eigenvalue weighted by molar-refractivity contribution is 0.0684. The third-order valence-corrected chi connectivity index (χ3v) is 2.70. The molecule has 6 nitrogen and oxygen atoms in total. The number of hydrogen-bond donors (Lipinski definition) is 1. The second-order valence-electron chi connectivity index (χ2n) is 3.23. The van der Waals surface area contributed by atoms with Gasteiger partial charge in [-0.3, -0.25) is 4.79 Å². The van der Waals surface area contributed by atoms with Gasteiger partial charge in [-0.1, -0.05) is 11.8 Å². The van der Waals surface area contributed by atoms with Crippen molar-refractivity contribution in [2.75, 3.05) is 6.26 Å². The molecule has 0 bridgehead atoms. The van der Waals surface area contributed by atoms with E-state index < -0.39 is 11.8 Å². The topological polar surface area (TPSA) is 93.3 Å². The molecule has 0 radical (unpaired) electrons. The highest BCUT2D eigenvalue weighted by molar-refractivity contribution is 7.98. The monoisotopic (exact) mass is 264 g/mol. The summed E-state index contributed by atoms with van der Waals surface area (Å²) in [4.78, 5) is 30.8. The maximum absolute atomic E-state index is 12.0. The zero-order chi connectivity index (χ0) is 13.1. The Labute approximate surface area is 106 Å². The molecule has 0 saturated heterocycles. The first-order chi connectivity index (χ1) is 8.63. The van der Waals surface area contributed by atoms with Crippen molar-refractivity contribution in [3.63, 3.8) is 0 Å². The molecule has 0 aliphatic heterocycles. The molecule has 2 rings (SSSR count). The number of carboxylic acid groups (broad SMARTS) is 1. The molecule has 2 aromatic rings. The first kappa shape index (κ1) is 12.3. The molecule has 0 fully saturated rings. The molecule has 0 amide bonds. The minimum atomic E-state index is -1.28. The van der Waals surface area contributed by atoms with Crippen LogP contribution in [0.15, 0.2) is 34.2 Å². The lowest BCUT2D eigenvalue weighted by Gasteiger charge is -2.03. The number of thioether (sulfide) groups is 1. The van der Waals surface area contributed by atoms with Crippen LogP contribution in [-0.2, 0) is 0 Å². The van der Waals surface area contributed by atoms with Gasteiger partial charge in [0.1, 0.15) is 0 Å². The van der Waals surface area contributed by atoms with Crippen molar-refractivity contribution < 1.29 is 19.1 Å². The van der Waals surface area contributed by atoms with Gasteiger partial charge in [-0.25, -0.2) is 14.8 Å². The van der Waals surface area contributed by atoms with Crippen LogP contribution in [0, 0.1) is 0 Å². The number of carbonyl (C=O) groups is 2. The molecule has 0 saturated carbocycles. The number of furan rings is 1. The van der Waals surface area contributed by atoms with Gasteiger partial charge in [-0.15, -0.1) is 0 Å². The molecule has 0 aromatic carbocycles. The van der Waals surface area contributed by atoms with E-state index in [-0.39, 0.29) is 17.0 Å². The van der Waals surface area contributed by atoms with E-state index in [0.29, 0.717) is 5.16 Å². The highest BCUT2D eigenvalue weighted by atomic mass is 32.2. The van der Waals surface area contributed by atoms with Crippen molar-refractivity contribution in [1.29, 1.82) is 0 Å². The van der Waals surface area contributed by atoms with Gasteiger partial charge in [0.25, 0.3) is 0 Å². The molecule has 0 unspecified atom stereocenters. The van der Waals surface area contributed by atoms with Gasteiger partial charge < -0.3 is 9.52 Å². The van der Waals surface area contributed by atoms with Crippen molar-refractivity contribution in [3.8, 4) is 0 Å². The van der Waals surface area contributed by atoms with E-state index in [0.717, 1.165) is 0 Å². The molecule has 18 heavy (non-hydrogen) atoms. The third kappa shape index (κ3) is 2.25. The summed E-state index contributed by atoms with van der Waals surface area (Å²) in [5.74, 6) is -1.77. The lowest BCUT2D eigenvalue weighted by Crippen LogP contribution is -2.13. The highest BCUT2D eigenvalue weighted by Crippen LogP contribution is 2.16. The van der Waals surface area contributed by atoms with Crippen LogP contribution in [0.2, 0.25) is 0 Å². The van der Waals surface area contributed by atoms with Crippen LogP contribution in [0.3, 0.4) is 0 Å². The Morgan fingerprint density at radius 2 is 2.22 bits per heavy atom. The normalized spacial score (nSPS) is 10.3. The number of aromatic carboxylic acids is 1. The summed E-state index contributed by atoms with van der Waals surface area (Å²) < 4.78 is 4.94. The standard InChI is InChI=1S/C11H8N2O4S/c1-18-11-12-5-6(8(13-11)10(15)16)9(14)7-3-2-4-17-7/h2-5H,1H3,(H,15,16). The number of rotatable bonds is 4. The second-order valence-corrected chi connectivity index (χ2v) is 4.00. The Bertz CT molecular complexity index is 595. The van der Waals surface area contributed by atoms with Crippen LogP contribution in [0.4, 0.5) is 0 Å². The van der Waals surface area contributed by atoms with Crippen LogP contribution < -0.4 is 0 Å². The van der Waals surface area contributed by atoms with Gasteiger partial charge in [-0.2, -0.15) is 0 Å². The minimum absolute atomic E-state index is 0.0537. The van der Waals surface area contributed by atoms with E-state index in [1.165, 1.54) is 30.3 Å². The van der Waals surface area contributed by atoms with Gasteiger partial charge in [0.15, 0.2) is 16.6 Å². The Balaban J connectivity index is 2.50. The third-order valence-electron chi connectivity index (χ3n) is 2.14. The van der Waals surface area contributed by atoms with Crippen LogP contribution in [0.5, 0.6) is 0 Å². The molecule has 7 heteroatoms. The van der Waals surface area contributed by atoms with E-state index in [4.69, 9.17) is 9.52 Å². The summed E-state index contributed by atoms with van der Waals surface area (Å²) in [5.41, 5.74) is -0.411. The average Bonchev–Trinajstić information content (AvgIpc) is 2.91. The number of aromatic nitrogens is 2. The molecule has 2 heterocycles. The molecule has 0 spiro atoms. The quantitative estimate of drug-likeness (QED) is 0.510. The molecule has 2 aromatic heterocycles. The molecule has 92 valence electrons. The summed E-state index contributed by atoms with van der Waals surface area (Å²) >= 11 is 1.20. The van der Waals surface area contributed by atoms with E-state index in [1.807, 2.05) is 0 Å². The number of nitrogens with zero attached hydrogens (tertiary/aromatic N) is 2. The Morgan fingerprint density at radius 3 is 2.78 bits per heavy atom. The zero-order valence-corrected chi connectivity index (χ0v) is 10.1. The van der Waals surface area contributed by atoms with Crippen LogP contribution in [0.1, 0.15) is 26.6 Å². The summed E-state index contributed by atoms with van der Waals surface area (Å²) in [5, 5.41) is 9.34. The smallest absolute Gasteiger partial charge is 0.355 e. The van der Waals surface area contributed by atoms with E-state index in [1.54, 1.807) is 12.3 Å². The van der Waals surface area contributed by atoms with Crippen molar-refractivity contribution in [2.24, 2.45) is 0 Å².